The lowest BCUT2D eigenvalue weighted by Crippen LogP contribution is -2.48. The predicted octanol–water partition coefficient (Wildman–Crippen LogP) is 2.42. The molecule has 0 spiro atoms. The van der Waals surface area contributed by atoms with E-state index in [4.69, 9.17) is 0 Å². The Morgan fingerprint density at radius 3 is 2.27 bits per heavy atom. The third-order valence-corrected chi connectivity index (χ3v) is 2.70. The monoisotopic (exact) mass is 155 g/mol. The lowest BCUT2D eigenvalue weighted by molar-refractivity contribution is 0.167. The molecule has 1 fully saturated rings. The second-order valence-corrected chi connectivity index (χ2v) is 4.92. The summed E-state index contributed by atoms with van der Waals surface area (Å²) in [6, 6.07) is 0.719. The van der Waals surface area contributed by atoms with Gasteiger partial charge in [-0.05, 0) is 30.7 Å². The van der Waals surface area contributed by atoms with Crippen LogP contribution < -0.4 is 5.32 Å². The van der Waals surface area contributed by atoms with Crippen LogP contribution in [0.1, 0.15) is 40.5 Å². The summed E-state index contributed by atoms with van der Waals surface area (Å²) in [4.78, 5) is 0. The van der Waals surface area contributed by atoms with E-state index in [-0.39, 0.29) is 0 Å². The summed E-state index contributed by atoms with van der Waals surface area (Å²) in [5, 5.41) is 3.61. The van der Waals surface area contributed by atoms with Gasteiger partial charge < -0.3 is 5.32 Å². The molecule has 0 aromatic carbocycles. The molecule has 0 aromatic heterocycles. The summed E-state index contributed by atoms with van der Waals surface area (Å²) in [6.45, 7) is 10.6. The van der Waals surface area contributed by atoms with E-state index in [1.54, 1.807) is 0 Å². The van der Waals surface area contributed by atoms with Crippen molar-refractivity contribution in [2.24, 2.45) is 11.3 Å². The highest BCUT2D eigenvalue weighted by molar-refractivity contribution is 4.87. The number of hydrogen-bond acceptors (Lipinski definition) is 1. The van der Waals surface area contributed by atoms with E-state index in [1.807, 2.05) is 0 Å². The highest BCUT2D eigenvalue weighted by Gasteiger charge is 2.30. The van der Waals surface area contributed by atoms with Gasteiger partial charge in [0.05, 0.1) is 0 Å². The fourth-order valence-electron chi connectivity index (χ4n) is 2.21. The first-order valence-corrected chi connectivity index (χ1v) is 4.75. The molecule has 1 aliphatic heterocycles. The summed E-state index contributed by atoms with van der Waals surface area (Å²) >= 11 is 0. The maximum atomic E-state index is 3.61. The van der Waals surface area contributed by atoms with Crippen LogP contribution in [0.5, 0.6) is 0 Å². The maximum absolute atomic E-state index is 3.61. The second-order valence-electron chi connectivity index (χ2n) is 4.92. The molecule has 1 heterocycles. The number of hydrogen-bond donors (Lipinski definition) is 1. The Hall–Kier alpha value is -0.0400. The van der Waals surface area contributed by atoms with Crippen molar-refractivity contribution in [3.05, 3.63) is 0 Å². The zero-order chi connectivity index (χ0) is 8.48. The Labute approximate surface area is 70.6 Å². The van der Waals surface area contributed by atoms with Crippen molar-refractivity contribution in [1.82, 2.24) is 5.32 Å². The standard InChI is InChI=1S/C10H21N/c1-8-6-5-7-11-9(8)10(2,3)4/h8-9,11H,5-7H2,1-4H3. The van der Waals surface area contributed by atoms with E-state index >= 15 is 0 Å². The lowest BCUT2D eigenvalue weighted by Gasteiger charge is -2.39. The molecular formula is C10H21N. The molecule has 66 valence electrons. The van der Waals surface area contributed by atoms with Crippen LogP contribution in [0.3, 0.4) is 0 Å². The highest BCUT2D eigenvalue weighted by atomic mass is 14.9. The van der Waals surface area contributed by atoms with Crippen LogP contribution in [0.15, 0.2) is 0 Å². The number of piperidine rings is 1. The van der Waals surface area contributed by atoms with Gasteiger partial charge in [-0.3, -0.25) is 0 Å². The maximum Gasteiger partial charge on any atom is 0.0141 e. The Balaban J connectivity index is 2.55. The Morgan fingerprint density at radius 2 is 1.91 bits per heavy atom. The average molecular weight is 155 g/mol. The van der Waals surface area contributed by atoms with Crippen LogP contribution >= 0.6 is 0 Å². The summed E-state index contributed by atoms with van der Waals surface area (Å²) < 4.78 is 0. The molecule has 2 unspecified atom stereocenters. The molecule has 1 saturated heterocycles. The molecule has 1 aliphatic rings. The van der Waals surface area contributed by atoms with Gasteiger partial charge in [-0.15, -0.1) is 0 Å². The van der Waals surface area contributed by atoms with Crippen molar-refractivity contribution in [3.63, 3.8) is 0 Å². The minimum absolute atomic E-state index is 0.430. The van der Waals surface area contributed by atoms with Gasteiger partial charge in [0.2, 0.25) is 0 Å². The topological polar surface area (TPSA) is 12.0 Å². The Kier molecular flexibility index (Phi) is 2.58. The molecular weight excluding hydrogens is 134 g/mol. The van der Waals surface area contributed by atoms with E-state index in [2.05, 4.69) is 33.0 Å². The van der Waals surface area contributed by atoms with Gasteiger partial charge in [0, 0.05) is 6.04 Å². The van der Waals surface area contributed by atoms with Gasteiger partial charge in [0.1, 0.15) is 0 Å². The fraction of sp³-hybridized carbons (Fsp3) is 1.00. The third-order valence-electron chi connectivity index (χ3n) is 2.70. The van der Waals surface area contributed by atoms with E-state index < -0.39 is 0 Å². The van der Waals surface area contributed by atoms with Gasteiger partial charge in [-0.25, -0.2) is 0 Å². The first kappa shape index (κ1) is 9.05. The second kappa shape index (κ2) is 3.14. The number of rotatable bonds is 0. The van der Waals surface area contributed by atoms with E-state index in [0.29, 0.717) is 5.41 Å². The quantitative estimate of drug-likeness (QED) is 0.566. The van der Waals surface area contributed by atoms with Crippen LogP contribution in [-0.4, -0.2) is 12.6 Å². The van der Waals surface area contributed by atoms with Gasteiger partial charge in [-0.2, -0.15) is 0 Å². The summed E-state index contributed by atoms with van der Waals surface area (Å²) in [5.74, 6) is 0.851. The fourth-order valence-corrected chi connectivity index (χ4v) is 2.21. The molecule has 2 atom stereocenters. The average Bonchev–Trinajstić information content (AvgIpc) is 1.86. The van der Waals surface area contributed by atoms with Crippen molar-refractivity contribution >= 4 is 0 Å². The molecule has 0 aliphatic carbocycles. The van der Waals surface area contributed by atoms with Crippen LogP contribution in [0.2, 0.25) is 0 Å². The smallest absolute Gasteiger partial charge is 0.0141 e. The van der Waals surface area contributed by atoms with Gasteiger partial charge in [-0.1, -0.05) is 27.7 Å². The van der Waals surface area contributed by atoms with Gasteiger partial charge in [0.15, 0.2) is 0 Å². The van der Waals surface area contributed by atoms with E-state index in [9.17, 15) is 0 Å². The summed E-state index contributed by atoms with van der Waals surface area (Å²) in [6.07, 6.45) is 2.75. The number of nitrogens with one attached hydrogen (secondary N) is 1. The molecule has 0 radical (unpaired) electrons. The normalized spacial score (nSPS) is 33.8. The van der Waals surface area contributed by atoms with Crippen LogP contribution in [0.4, 0.5) is 0 Å². The van der Waals surface area contributed by atoms with Crippen LogP contribution in [-0.2, 0) is 0 Å². The molecule has 1 N–H and O–H groups in total. The molecule has 1 rings (SSSR count). The molecule has 11 heavy (non-hydrogen) atoms. The Bertz CT molecular complexity index is 123. The zero-order valence-electron chi connectivity index (χ0n) is 8.28. The van der Waals surface area contributed by atoms with Crippen molar-refractivity contribution in [1.29, 1.82) is 0 Å². The molecule has 1 heteroatoms. The minimum Gasteiger partial charge on any atom is -0.313 e. The zero-order valence-corrected chi connectivity index (χ0v) is 8.28. The lowest BCUT2D eigenvalue weighted by atomic mass is 9.76. The predicted molar refractivity (Wildman–Crippen MR) is 49.6 cm³/mol. The van der Waals surface area contributed by atoms with Gasteiger partial charge >= 0.3 is 0 Å². The molecule has 1 nitrogen and oxygen atoms in total. The van der Waals surface area contributed by atoms with Gasteiger partial charge in [0.25, 0.3) is 0 Å². The van der Waals surface area contributed by atoms with E-state index in [0.717, 1.165) is 12.0 Å². The Morgan fingerprint density at radius 1 is 1.27 bits per heavy atom. The van der Waals surface area contributed by atoms with Crippen molar-refractivity contribution in [3.8, 4) is 0 Å². The highest BCUT2D eigenvalue weighted by Crippen LogP contribution is 2.29. The molecule has 0 aromatic rings. The molecule has 0 saturated carbocycles. The minimum atomic E-state index is 0.430. The first-order chi connectivity index (χ1) is 5.02. The van der Waals surface area contributed by atoms with Crippen molar-refractivity contribution in [2.45, 2.75) is 46.6 Å². The largest absolute Gasteiger partial charge is 0.313 e. The summed E-state index contributed by atoms with van der Waals surface area (Å²) in [7, 11) is 0. The van der Waals surface area contributed by atoms with E-state index in [1.165, 1.54) is 19.4 Å². The van der Waals surface area contributed by atoms with Crippen LogP contribution in [0, 0.1) is 11.3 Å². The van der Waals surface area contributed by atoms with Crippen molar-refractivity contribution in [2.75, 3.05) is 6.54 Å². The summed E-state index contributed by atoms with van der Waals surface area (Å²) in [5.41, 5.74) is 0.430. The van der Waals surface area contributed by atoms with Crippen molar-refractivity contribution < 1.29 is 0 Å². The first-order valence-electron chi connectivity index (χ1n) is 4.75. The molecule has 0 bridgehead atoms. The van der Waals surface area contributed by atoms with Crippen LogP contribution in [0.25, 0.3) is 0 Å². The third kappa shape index (κ3) is 2.19. The molecule has 0 amide bonds. The SMILES string of the molecule is CC1CCCNC1C(C)(C)C.